The van der Waals surface area contributed by atoms with Gasteiger partial charge in [-0.2, -0.15) is 9.40 Å². The van der Waals surface area contributed by atoms with E-state index in [1.807, 2.05) is 0 Å². The van der Waals surface area contributed by atoms with Crippen molar-refractivity contribution in [1.29, 1.82) is 0 Å². The molecular formula is C18H29N5O4S. The zero-order chi connectivity index (χ0) is 20.5. The first-order valence-electron chi connectivity index (χ1n) is 9.79. The molecule has 0 spiro atoms. The van der Waals surface area contributed by atoms with Crippen molar-refractivity contribution in [1.82, 2.24) is 24.3 Å². The Morgan fingerprint density at radius 1 is 1.14 bits per heavy atom. The van der Waals surface area contributed by atoms with Crippen molar-refractivity contribution < 1.29 is 18.0 Å². The molecule has 156 valence electrons. The third kappa shape index (κ3) is 3.93. The summed E-state index contributed by atoms with van der Waals surface area (Å²) in [7, 11) is -2.23. The summed E-state index contributed by atoms with van der Waals surface area (Å²) in [5.74, 6) is -0.522. The minimum Gasteiger partial charge on any atom is -0.359 e. The number of hydrogen-bond acceptors (Lipinski definition) is 5. The average molecular weight is 412 g/mol. The summed E-state index contributed by atoms with van der Waals surface area (Å²) in [4.78, 5) is 26.4. The molecule has 2 fully saturated rings. The predicted octanol–water partition coefficient (Wildman–Crippen LogP) is 0.269. The number of likely N-dealkylation sites (tertiary alicyclic amines) is 1. The lowest BCUT2D eigenvalue weighted by atomic mass is 9.99. The van der Waals surface area contributed by atoms with Crippen LogP contribution in [0.5, 0.6) is 0 Å². The molecule has 2 saturated heterocycles. The van der Waals surface area contributed by atoms with Crippen LogP contribution in [0.1, 0.15) is 37.1 Å². The number of carbonyl (C=O) groups is 2. The van der Waals surface area contributed by atoms with E-state index in [2.05, 4.69) is 10.4 Å². The fraction of sp³-hybridized carbons (Fsp3) is 0.722. The number of amides is 2. The van der Waals surface area contributed by atoms with E-state index in [0.29, 0.717) is 30.8 Å². The Kier molecular flexibility index (Phi) is 6.09. The Balaban J connectivity index is 1.83. The number of aryl methyl sites for hydroxylation is 1. The number of hydrogen-bond donors (Lipinski definition) is 1. The first kappa shape index (κ1) is 20.8. The highest BCUT2D eigenvalue weighted by molar-refractivity contribution is 7.89. The van der Waals surface area contributed by atoms with E-state index in [1.165, 1.54) is 8.99 Å². The molecule has 1 atom stereocenters. The maximum Gasteiger partial charge on any atom is 0.246 e. The minimum atomic E-state index is -3.79. The zero-order valence-electron chi connectivity index (χ0n) is 16.8. The maximum absolute atomic E-state index is 13.3. The van der Waals surface area contributed by atoms with Crippen molar-refractivity contribution in [2.45, 2.75) is 51.0 Å². The van der Waals surface area contributed by atoms with Gasteiger partial charge < -0.3 is 10.2 Å². The number of nitrogens with one attached hydrogen (secondary N) is 1. The molecule has 0 saturated carbocycles. The van der Waals surface area contributed by atoms with E-state index in [-0.39, 0.29) is 35.7 Å². The first-order valence-corrected chi connectivity index (χ1v) is 11.2. The molecule has 3 rings (SSSR count). The van der Waals surface area contributed by atoms with E-state index in [9.17, 15) is 18.0 Å². The van der Waals surface area contributed by atoms with Crippen molar-refractivity contribution in [3.05, 3.63) is 11.4 Å². The highest BCUT2D eigenvalue weighted by Gasteiger charge is 2.36. The standard InChI is InChI=1S/C18H29N5O4S/c1-13-17(14(2)23(20-13)12-16(24)21-8-4-5-9-21)28(26,27)22-10-6-7-15(11-22)18(25)19-3/h15H,4-12H2,1-3H3,(H,19,25)/t15-/m1/s1. The van der Waals surface area contributed by atoms with Gasteiger partial charge in [0.05, 0.1) is 17.3 Å². The van der Waals surface area contributed by atoms with Crippen LogP contribution >= 0.6 is 0 Å². The van der Waals surface area contributed by atoms with Crippen LogP contribution < -0.4 is 5.32 Å². The molecule has 3 heterocycles. The van der Waals surface area contributed by atoms with Gasteiger partial charge in [0.1, 0.15) is 11.4 Å². The number of aromatic nitrogens is 2. The molecule has 2 amide bonds. The quantitative estimate of drug-likeness (QED) is 0.749. The third-order valence-corrected chi connectivity index (χ3v) is 7.78. The highest BCUT2D eigenvalue weighted by Crippen LogP contribution is 2.28. The molecule has 1 aromatic rings. The van der Waals surface area contributed by atoms with Gasteiger partial charge in [-0.15, -0.1) is 0 Å². The highest BCUT2D eigenvalue weighted by atomic mass is 32.2. The van der Waals surface area contributed by atoms with Crippen molar-refractivity contribution in [2.75, 3.05) is 33.2 Å². The Morgan fingerprint density at radius 2 is 1.82 bits per heavy atom. The summed E-state index contributed by atoms with van der Waals surface area (Å²) in [6.07, 6.45) is 3.32. The molecule has 0 aromatic carbocycles. The van der Waals surface area contributed by atoms with E-state index >= 15 is 0 Å². The molecule has 28 heavy (non-hydrogen) atoms. The van der Waals surface area contributed by atoms with Crippen molar-refractivity contribution >= 4 is 21.8 Å². The normalized spacial score (nSPS) is 21.1. The molecule has 1 aromatic heterocycles. The van der Waals surface area contributed by atoms with Crippen LogP contribution in [0.4, 0.5) is 0 Å². The van der Waals surface area contributed by atoms with Gasteiger partial charge in [-0.25, -0.2) is 8.42 Å². The van der Waals surface area contributed by atoms with E-state index in [4.69, 9.17) is 0 Å². The average Bonchev–Trinajstić information content (AvgIpc) is 3.30. The SMILES string of the molecule is CNC(=O)[C@@H]1CCCN(S(=O)(=O)c2c(C)nn(CC(=O)N3CCCC3)c2C)C1. The van der Waals surface area contributed by atoms with Gasteiger partial charge in [-0.05, 0) is 39.5 Å². The Morgan fingerprint density at radius 3 is 2.46 bits per heavy atom. The van der Waals surface area contributed by atoms with E-state index < -0.39 is 10.0 Å². The number of nitrogens with zero attached hydrogens (tertiary/aromatic N) is 4. The summed E-state index contributed by atoms with van der Waals surface area (Å²) in [6, 6.07) is 0. The predicted molar refractivity (Wildman–Crippen MR) is 103 cm³/mol. The Labute approximate surface area is 166 Å². The van der Waals surface area contributed by atoms with Crippen molar-refractivity contribution in [2.24, 2.45) is 5.92 Å². The molecular weight excluding hydrogens is 382 g/mol. The van der Waals surface area contributed by atoms with Crippen LogP contribution in [0, 0.1) is 19.8 Å². The van der Waals surface area contributed by atoms with E-state index in [0.717, 1.165) is 25.9 Å². The summed E-state index contributed by atoms with van der Waals surface area (Å²) >= 11 is 0. The summed E-state index contributed by atoms with van der Waals surface area (Å²) < 4.78 is 29.4. The largest absolute Gasteiger partial charge is 0.359 e. The van der Waals surface area contributed by atoms with Crippen LogP contribution in [0.2, 0.25) is 0 Å². The fourth-order valence-electron chi connectivity index (χ4n) is 4.11. The van der Waals surface area contributed by atoms with Crippen LogP contribution in [0.3, 0.4) is 0 Å². The molecule has 2 aliphatic rings. The smallest absolute Gasteiger partial charge is 0.246 e. The molecule has 2 aliphatic heterocycles. The van der Waals surface area contributed by atoms with Gasteiger partial charge >= 0.3 is 0 Å². The van der Waals surface area contributed by atoms with Crippen LogP contribution in [0.15, 0.2) is 4.90 Å². The van der Waals surface area contributed by atoms with Crippen LogP contribution in [-0.2, 0) is 26.2 Å². The number of piperidine rings is 1. The molecule has 0 aliphatic carbocycles. The number of carbonyl (C=O) groups excluding carboxylic acids is 2. The second-order valence-corrected chi connectivity index (χ2v) is 9.44. The van der Waals surface area contributed by atoms with Gasteiger partial charge in [-0.1, -0.05) is 0 Å². The topological polar surface area (TPSA) is 105 Å². The number of sulfonamides is 1. The number of rotatable bonds is 5. The zero-order valence-corrected chi connectivity index (χ0v) is 17.6. The molecule has 10 heteroatoms. The molecule has 0 bridgehead atoms. The second kappa shape index (κ2) is 8.20. The summed E-state index contributed by atoms with van der Waals surface area (Å²) in [6.45, 7) is 5.42. The lowest BCUT2D eigenvalue weighted by Crippen LogP contribution is -2.45. The molecule has 9 nitrogen and oxygen atoms in total. The lowest BCUT2D eigenvalue weighted by Gasteiger charge is -2.31. The van der Waals surface area contributed by atoms with Crippen molar-refractivity contribution in [3.8, 4) is 0 Å². The van der Waals surface area contributed by atoms with Crippen LogP contribution in [0.25, 0.3) is 0 Å². The lowest BCUT2D eigenvalue weighted by molar-refractivity contribution is -0.131. The summed E-state index contributed by atoms with van der Waals surface area (Å²) in [5, 5.41) is 6.94. The molecule has 1 N–H and O–H groups in total. The second-order valence-electron chi connectivity index (χ2n) is 7.56. The minimum absolute atomic E-state index is 0.0373. The molecule has 0 radical (unpaired) electrons. The van der Waals surface area contributed by atoms with Gasteiger partial charge in [0, 0.05) is 33.2 Å². The van der Waals surface area contributed by atoms with Crippen LogP contribution in [-0.4, -0.2) is 72.4 Å². The van der Waals surface area contributed by atoms with Gasteiger partial charge in [0.25, 0.3) is 0 Å². The van der Waals surface area contributed by atoms with Gasteiger partial charge in [0.2, 0.25) is 21.8 Å². The Bertz CT molecular complexity index is 858. The third-order valence-electron chi connectivity index (χ3n) is 5.66. The van der Waals surface area contributed by atoms with Gasteiger partial charge in [-0.3, -0.25) is 14.3 Å². The molecule has 0 unspecified atom stereocenters. The van der Waals surface area contributed by atoms with Gasteiger partial charge in [0.15, 0.2) is 0 Å². The Hall–Kier alpha value is -1.94. The van der Waals surface area contributed by atoms with E-state index in [1.54, 1.807) is 25.8 Å². The van der Waals surface area contributed by atoms with Crippen molar-refractivity contribution in [3.63, 3.8) is 0 Å². The fourth-order valence-corrected chi connectivity index (χ4v) is 6.01. The monoisotopic (exact) mass is 411 g/mol. The maximum atomic E-state index is 13.3. The summed E-state index contributed by atoms with van der Waals surface area (Å²) in [5.41, 5.74) is 0.848. The first-order chi connectivity index (χ1) is 13.3.